The number of nitrogens with two attached hydrogens (primary N) is 1. The van der Waals surface area contributed by atoms with Crippen LogP contribution in [-0.4, -0.2) is 85.3 Å². The lowest BCUT2D eigenvalue weighted by molar-refractivity contribution is -0.137. The second-order valence-corrected chi connectivity index (χ2v) is 13.5. The molecule has 1 heterocycles. The van der Waals surface area contributed by atoms with E-state index in [2.05, 4.69) is 66.5 Å². The number of Topliss-reactive ketones (excluding diaryl/α,β-unsaturated/α-hetero) is 1. The summed E-state index contributed by atoms with van der Waals surface area (Å²) in [6, 6.07) is -1.42. The largest absolute Gasteiger partial charge is 0.363 e. The van der Waals surface area contributed by atoms with Gasteiger partial charge < -0.3 is 31.9 Å². The fourth-order valence-electron chi connectivity index (χ4n) is 4.56. The molecule has 1 saturated carbocycles. The van der Waals surface area contributed by atoms with Gasteiger partial charge in [-0.05, 0) is 42.9 Å². The fourth-order valence-corrected chi connectivity index (χ4v) is 4.67. The van der Waals surface area contributed by atoms with E-state index in [0.29, 0.717) is 25.3 Å². The Labute approximate surface area is 264 Å². The number of nitrogens with one attached hydrogen (secondary N) is 5. The monoisotopic (exact) mass is 629 g/mol. The third-order valence-electron chi connectivity index (χ3n) is 7.43. The molecule has 0 aromatic rings. The number of urea groups is 1. The molecule has 5 amide bonds. The molecule has 2 aliphatic rings. The highest BCUT2D eigenvalue weighted by atomic mass is 32.1. The highest BCUT2D eigenvalue weighted by Crippen LogP contribution is 2.33. The SMILES string of the molecule is CC.CC1CCCN1C(=O)C(NC(=O)NC(CNCCNS)C(C)(C)C)C(C)(C)C.NC(=O)C(=O)C(CC1CC1)NC=O. The number of nitrogens with zero attached hydrogens (tertiary/aromatic N) is 1. The number of hydrogen-bond acceptors (Lipinski definition) is 8. The maximum atomic E-state index is 13.1. The number of carbonyl (C=O) groups is 5. The minimum absolute atomic E-state index is 0.0120. The van der Waals surface area contributed by atoms with E-state index in [1.54, 1.807) is 0 Å². The Morgan fingerprint density at radius 1 is 0.977 bits per heavy atom. The van der Waals surface area contributed by atoms with E-state index in [4.69, 9.17) is 5.73 Å². The Kier molecular flexibility index (Phi) is 18.7. The molecular weight excluding hydrogens is 570 g/mol. The maximum Gasteiger partial charge on any atom is 0.315 e. The van der Waals surface area contributed by atoms with Crippen LogP contribution in [0.1, 0.15) is 94.4 Å². The van der Waals surface area contributed by atoms with Crippen LogP contribution in [0, 0.1) is 16.7 Å². The van der Waals surface area contributed by atoms with Gasteiger partial charge in [0.25, 0.3) is 5.91 Å². The van der Waals surface area contributed by atoms with E-state index in [1.165, 1.54) is 0 Å². The van der Waals surface area contributed by atoms with Gasteiger partial charge >= 0.3 is 6.03 Å². The molecule has 0 spiro atoms. The van der Waals surface area contributed by atoms with Crippen molar-refractivity contribution >= 4 is 42.9 Å². The molecule has 4 atom stereocenters. The van der Waals surface area contributed by atoms with E-state index < -0.39 is 23.8 Å². The summed E-state index contributed by atoms with van der Waals surface area (Å²) < 4.78 is 2.80. The van der Waals surface area contributed by atoms with Gasteiger partial charge in [-0.25, -0.2) is 4.79 Å². The Morgan fingerprint density at radius 3 is 2.00 bits per heavy atom. The van der Waals surface area contributed by atoms with Crippen LogP contribution < -0.4 is 31.7 Å². The zero-order valence-corrected chi connectivity index (χ0v) is 28.7. The number of rotatable bonds is 14. The van der Waals surface area contributed by atoms with Gasteiger partial charge in [0.15, 0.2) is 0 Å². The predicted octanol–water partition coefficient (Wildman–Crippen LogP) is 2.13. The van der Waals surface area contributed by atoms with Crippen molar-refractivity contribution in [1.29, 1.82) is 0 Å². The van der Waals surface area contributed by atoms with Crippen LogP contribution in [0.4, 0.5) is 4.79 Å². The van der Waals surface area contributed by atoms with Crippen LogP contribution in [0.25, 0.3) is 0 Å². The summed E-state index contributed by atoms with van der Waals surface area (Å²) in [5.41, 5.74) is 4.33. The number of carbonyl (C=O) groups excluding carboxylic acids is 5. The van der Waals surface area contributed by atoms with Crippen molar-refractivity contribution in [3.63, 3.8) is 0 Å². The van der Waals surface area contributed by atoms with Gasteiger partial charge in [-0.1, -0.05) is 81.0 Å². The second-order valence-electron chi connectivity index (χ2n) is 13.2. The minimum atomic E-state index is -0.986. The van der Waals surface area contributed by atoms with Gasteiger partial charge in [-0.2, -0.15) is 0 Å². The fraction of sp³-hybridized carbons (Fsp3) is 0.833. The van der Waals surface area contributed by atoms with E-state index in [0.717, 1.165) is 45.3 Å². The van der Waals surface area contributed by atoms with Crippen LogP contribution in [-0.2, 0) is 19.2 Å². The van der Waals surface area contributed by atoms with Gasteiger partial charge in [-0.15, -0.1) is 0 Å². The van der Waals surface area contributed by atoms with E-state index in [-0.39, 0.29) is 34.9 Å². The second kappa shape index (κ2) is 19.8. The number of thiol groups is 1. The summed E-state index contributed by atoms with van der Waals surface area (Å²) >= 11 is 3.98. The van der Waals surface area contributed by atoms with Crippen LogP contribution >= 0.6 is 12.8 Å². The Hall–Kier alpha value is -2.38. The molecule has 43 heavy (non-hydrogen) atoms. The summed E-state index contributed by atoms with van der Waals surface area (Å²) in [5.74, 6) is -1.22. The zero-order valence-electron chi connectivity index (χ0n) is 27.8. The number of primary amides is 1. The number of hydrogen-bond donors (Lipinski definition) is 7. The third kappa shape index (κ3) is 15.8. The number of amides is 5. The summed E-state index contributed by atoms with van der Waals surface area (Å²) in [5, 5.41) is 11.7. The van der Waals surface area contributed by atoms with Crippen molar-refractivity contribution in [1.82, 2.24) is 30.9 Å². The van der Waals surface area contributed by atoms with E-state index in [1.807, 2.05) is 39.5 Å². The quantitative estimate of drug-likeness (QED) is 0.0667. The van der Waals surface area contributed by atoms with Gasteiger partial charge in [-0.3, -0.25) is 23.9 Å². The average molecular weight is 630 g/mol. The molecule has 7 N–H and O–H groups in total. The van der Waals surface area contributed by atoms with Crippen molar-refractivity contribution in [2.45, 2.75) is 119 Å². The van der Waals surface area contributed by atoms with Crippen LogP contribution in [0.5, 0.6) is 0 Å². The third-order valence-corrected chi connectivity index (χ3v) is 7.66. The molecule has 1 aliphatic heterocycles. The topological polar surface area (TPSA) is 175 Å². The molecule has 1 aliphatic carbocycles. The molecule has 0 aromatic heterocycles. The van der Waals surface area contributed by atoms with Crippen LogP contribution in [0.15, 0.2) is 0 Å². The lowest BCUT2D eigenvalue weighted by Crippen LogP contribution is -2.60. The Morgan fingerprint density at radius 2 is 1.58 bits per heavy atom. The van der Waals surface area contributed by atoms with Gasteiger partial charge in [0.2, 0.25) is 18.1 Å². The highest BCUT2D eigenvalue weighted by molar-refractivity contribution is 7.78. The number of ketones is 1. The normalized spacial score (nSPS) is 18.5. The molecule has 13 heteroatoms. The predicted molar refractivity (Wildman–Crippen MR) is 174 cm³/mol. The first-order valence-electron chi connectivity index (χ1n) is 15.5. The molecule has 0 bridgehead atoms. The minimum Gasteiger partial charge on any atom is -0.363 e. The first-order chi connectivity index (χ1) is 20.0. The van der Waals surface area contributed by atoms with Crippen molar-refractivity contribution in [2.24, 2.45) is 22.5 Å². The molecule has 1 saturated heterocycles. The van der Waals surface area contributed by atoms with Crippen LogP contribution in [0.2, 0.25) is 0 Å². The average Bonchev–Trinajstić information content (AvgIpc) is 3.64. The van der Waals surface area contributed by atoms with Gasteiger partial charge in [0.05, 0.1) is 6.04 Å². The van der Waals surface area contributed by atoms with E-state index >= 15 is 0 Å². The Bertz CT molecular complexity index is 887. The molecule has 4 unspecified atom stereocenters. The van der Waals surface area contributed by atoms with E-state index in [9.17, 15) is 24.0 Å². The molecule has 2 fully saturated rings. The summed E-state index contributed by atoms with van der Waals surface area (Å²) in [4.78, 5) is 59.6. The van der Waals surface area contributed by atoms with Gasteiger partial charge in [0.1, 0.15) is 6.04 Å². The first-order valence-corrected chi connectivity index (χ1v) is 16.0. The highest BCUT2D eigenvalue weighted by Gasteiger charge is 2.39. The standard InChI is InChI=1S/C20H41N5O2S.C8H12N2O3.C2H6/c1-14-9-8-12-25(14)17(26)16(20(5,6)7)24-18(27)23-15(19(2,3)4)13-21-10-11-22-28;9-8(13)7(12)6(10-4-11)3-5-1-2-5;1-2/h14-16,21-22,28H,8-13H2,1-7H3,(H2,23,24,27);4-6H,1-3H2,(H2,9,13)(H,10,11);1-2H3. The van der Waals surface area contributed by atoms with Crippen molar-refractivity contribution in [2.75, 3.05) is 26.2 Å². The first kappa shape index (κ1) is 40.6. The zero-order chi connectivity index (χ0) is 33.4. The van der Waals surface area contributed by atoms with Gasteiger partial charge in [0, 0.05) is 38.3 Å². The smallest absolute Gasteiger partial charge is 0.315 e. The lowest BCUT2D eigenvalue weighted by Gasteiger charge is -2.37. The van der Waals surface area contributed by atoms with Crippen molar-refractivity contribution in [3.05, 3.63) is 0 Å². The lowest BCUT2D eigenvalue weighted by atomic mass is 9.85. The van der Waals surface area contributed by atoms with Crippen LogP contribution in [0.3, 0.4) is 0 Å². The molecule has 0 radical (unpaired) electrons. The molecular formula is C30H59N7O5S. The van der Waals surface area contributed by atoms with Crippen molar-refractivity contribution < 1.29 is 24.0 Å². The number of likely N-dealkylation sites (tertiary alicyclic amines) is 1. The molecule has 12 nitrogen and oxygen atoms in total. The summed E-state index contributed by atoms with van der Waals surface area (Å²) in [7, 11) is 0. The molecule has 0 aromatic carbocycles. The maximum absolute atomic E-state index is 13.1. The molecule has 250 valence electrons. The summed E-state index contributed by atoms with van der Waals surface area (Å²) in [6.07, 6.45) is 5.11. The molecule has 2 rings (SSSR count). The van der Waals surface area contributed by atoms with Crippen molar-refractivity contribution in [3.8, 4) is 0 Å². The Balaban J connectivity index is 0.000000976. The summed E-state index contributed by atoms with van der Waals surface area (Å²) in [6.45, 7) is 21.2.